The van der Waals surface area contributed by atoms with Crippen molar-refractivity contribution in [3.8, 4) is 0 Å². The molecule has 0 saturated heterocycles. The van der Waals surface area contributed by atoms with Crippen LogP contribution in [0.3, 0.4) is 0 Å². The maximum atomic E-state index is 10.2. The lowest BCUT2D eigenvalue weighted by atomic mass is 10.1. The van der Waals surface area contributed by atoms with Crippen molar-refractivity contribution < 1.29 is 14.6 Å². The molecule has 2 atom stereocenters. The average Bonchev–Trinajstić information content (AvgIpc) is 2.88. The van der Waals surface area contributed by atoms with Crippen LogP contribution in [0.5, 0.6) is 0 Å². The molecule has 5 nitrogen and oxygen atoms in total. The molecule has 0 amide bonds. The van der Waals surface area contributed by atoms with E-state index in [4.69, 9.17) is 15.2 Å². The molecule has 0 saturated carbocycles. The standard InChI is InChI=1S/C31H66N2O3/c1-3-5-7-9-11-13-15-16-18-20-22-24-31(36-29-30(34)28-33-26-25-32)35-27-23-21-19-17-14-12-10-8-6-4-2/h30-31,33-34H,3-29,32H2,1-2H3. The third kappa shape index (κ3) is 28.4. The van der Waals surface area contributed by atoms with Gasteiger partial charge in [0, 0.05) is 26.2 Å². The van der Waals surface area contributed by atoms with E-state index >= 15 is 0 Å². The molecule has 0 bridgehead atoms. The van der Waals surface area contributed by atoms with Crippen molar-refractivity contribution in [3.05, 3.63) is 0 Å². The molecule has 0 radical (unpaired) electrons. The lowest BCUT2D eigenvalue weighted by Gasteiger charge is -2.21. The van der Waals surface area contributed by atoms with E-state index < -0.39 is 6.10 Å². The van der Waals surface area contributed by atoms with E-state index in [1.165, 1.54) is 122 Å². The highest BCUT2D eigenvalue weighted by molar-refractivity contribution is 4.60. The second kappa shape index (κ2) is 31.0. The molecule has 0 spiro atoms. The summed E-state index contributed by atoms with van der Waals surface area (Å²) in [5.74, 6) is 0. The first kappa shape index (κ1) is 35.8. The predicted molar refractivity (Wildman–Crippen MR) is 157 cm³/mol. The van der Waals surface area contributed by atoms with Crippen LogP contribution in [0.1, 0.15) is 155 Å². The normalized spacial score (nSPS) is 13.3. The van der Waals surface area contributed by atoms with E-state index in [-0.39, 0.29) is 6.29 Å². The average molecular weight is 515 g/mol. The number of aliphatic hydroxyl groups excluding tert-OH is 1. The third-order valence-corrected chi connectivity index (χ3v) is 7.02. The Balaban J connectivity index is 3.91. The van der Waals surface area contributed by atoms with Crippen LogP contribution >= 0.6 is 0 Å². The molecule has 5 heteroatoms. The topological polar surface area (TPSA) is 76.7 Å². The highest BCUT2D eigenvalue weighted by Gasteiger charge is 2.13. The molecule has 0 aliphatic heterocycles. The van der Waals surface area contributed by atoms with E-state index in [1.54, 1.807) is 0 Å². The van der Waals surface area contributed by atoms with Gasteiger partial charge in [0.2, 0.25) is 0 Å². The fourth-order valence-corrected chi connectivity index (χ4v) is 4.64. The molecule has 4 N–H and O–H groups in total. The number of hydrogen-bond donors (Lipinski definition) is 3. The molecule has 36 heavy (non-hydrogen) atoms. The van der Waals surface area contributed by atoms with Crippen molar-refractivity contribution in [2.24, 2.45) is 5.73 Å². The summed E-state index contributed by atoms with van der Waals surface area (Å²) in [6.07, 6.45) is 28.3. The van der Waals surface area contributed by atoms with Gasteiger partial charge in [0.25, 0.3) is 0 Å². The summed E-state index contributed by atoms with van der Waals surface area (Å²) in [4.78, 5) is 0. The minimum absolute atomic E-state index is 0.189. The molecule has 0 aliphatic carbocycles. The molecule has 218 valence electrons. The van der Waals surface area contributed by atoms with Crippen LogP contribution in [0.25, 0.3) is 0 Å². The van der Waals surface area contributed by atoms with E-state index in [0.717, 1.165) is 25.9 Å². The molecule has 0 rings (SSSR count). The molecular formula is C31H66N2O3. The van der Waals surface area contributed by atoms with Crippen LogP contribution < -0.4 is 11.1 Å². The van der Waals surface area contributed by atoms with Crippen molar-refractivity contribution in [1.29, 1.82) is 0 Å². The molecule has 0 aliphatic rings. The second-order valence-corrected chi connectivity index (χ2v) is 10.8. The Hall–Kier alpha value is -0.200. The summed E-state index contributed by atoms with van der Waals surface area (Å²) in [5, 5.41) is 13.3. The Labute approximate surface area is 226 Å². The van der Waals surface area contributed by atoms with Crippen LogP contribution in [-0.2, 0) is 9.47 Å². The van der Waals surface area contributed by atoms with Gasteiger partial charge in [-0.05, 0) is 19.3 Å². The van der Waals surface area contributed by atoms with Gasteiger partial charge in [-0.25, -0.2) is 0 Å². The minimum Gasteiger partial charge on any atom is -0.389 e. The second-order valence-electron chi connectivity index (χ2n) is 10.8. The molecule has 0 aromatic carbocycles. The molecule has 0 heterocycles. The highest BCUT2D eigenvalue weighted by atomic mass is 16.7. The summed E-state index contributed by atoms with van der Waals surface area (Å²) < 4.78 is 12.1. The third-order valence-electron chi connectivity index (χ3n) is 7.02. The lowest BCUT2D eigenvalue weighted by Crippen LogP contribution is -2.35. The maximum absolute atomic E-state index is 10.2. The Morgan fingerprint density at radius 3 is 1.53 bits per heavy atom. The monoisotopic (exact) mass is 515 g/mol. The van der Waals surface area contributed by atoms with Gasteiger partial charge in [0.05, 0.1) is 12.7 Å². The summed E-state index contributed by atoms with van der Waals surface area (Å²) in [5.41, 5.74) is 5.50. The number of nitrogens with one attached hydrogen (secondary N) is 1. The number of nitrogens with two attached hydrogens (primary N) is 1. The predicted octanol–water partition coefficient (Wildman–Crippen LogP) is 7.88. The van der Waals surface area contributed by atoms with Crippen molar-refractivity contribution >= 4 is 0 Å². The fraction of sp³-hybridized carbons (Fsp3) is 1.00. The van der Waals surface area contributed by atoms with Crippen molar-refractivity contribution in [2.75, 3.05) is 32.8 Å². The van der Waals surface area contributed by atoms with E-state index in [2.05, 4.69) is 19.2 Å². The molecular weight excluding hydrogens is 448 g/mol. The van der Waals surface area contributed by atoms with Gasteiger partial charge < -0.3 is 25.6 Å². The highest BCUT2D eigenvalue weighted by Crippen LogP contribution is 2.15. The summed E-state index contributed by atoms with van der Waals surface area (Å²) >= 11 is 0. The van der Waals surface area contributed by atoms with Gasteiger partial charge >= 0.3 is 0 Å². The Morgan fingerprint density at radius 2 is 1.06 bits per heavy atom. The zero-order valence-electron chi connectivity index (χ0n) is 24.6. The molecule has 0 aromatic rings. The number of hydrogen-bond acceptors (Lipinski definition) is 5. The zero-order valence-corrected chi connectivity index (χ0v) is 24.6. The summed E-state index contributed by atoms with van der Waals surface area (Å²) in [6, 6.07) is 0. The lowest BCUT2D eigenvalue weighted by molar-refractivity contribution is -0.161. The van der Waals surface area contributed by atoms with Crippen LogP contribution in [0.4, 0.5) is 0 Å². The first-order chi connectivity index (χ1) is 17.7. The van der Waals surface area contributed by atoms with Crippen molar-refractivity contribution in [2.45, 2.75) is 167 Å². The van der Waals surface area contributed by atoms with Crippen LogP contribution in [-0.4, -0.2) is 50.3 Å². The number of rotatable bonds is 31. The van der Waals surface area contributed by atoms with E-state index in [1.807, 2.05) is 0 Å². The first-order valence-electron chi connectivity index (χ1n) is 16.1. The van der Waals surface area contributed by atoms with Gasteiger partial charge in [-0.3, -0.25) is 0 Å². The van der Waals surface area contributed by atoms with Crippen LogP contribution in [0.2, 0.25) is 0 Å². The van der Waals surface area contributed by atoms with Gasteiger partial charge in [0.15, 0.2) is 6.29 Å². The van der Waals surface area contributed by atoms with Gasteiger partial charge in [-0.2, -0.15) is 0 Å². The molecule has 0 fully saturated rings. The van der Waals surface area contributed by atoms with Crippen molar-refractivity contribution in [3.63, 3.8) is 0 Å². The molecule has 2 unspecified atom stereocenters. The maximum Gasteiger partial charge on any atom is 0.157 e. The number of ether oxygens (including phenoxy) is 2. The van der Waals surface area contributed by atoms with Gasteiger partial charge in [-0.15, -0.1) is 0 Å². The zero-order chi connectivity index (χ0) is 26.4. The summed E-state index contributed by atoms with van der Waals surface area (Å²) in [7, 11) is 0. The summed E-state index contributed by atoms with van der Waals surface area (Å²) in [6.45, 7) is 7.45. The Kier molecular flexibility index (Phi) is 30.8. The Morgan fingerprint density at radius 1 is 0.611 bits per heavy atom. The number of aliphatic hydroxyl groups is 1. The Bertz CT molecular complexity index is 372. The van der Waals surface area contributed by atoms with Gasteiger partial charge in [-0.1, -0.05) is 136 Å². The van der Waals surface area contributed by atoms with Crippen LogP contribution in [0, 0.1) is 0 Å². The fourth-order valence-electron chi connectivity index (χ4n) is 4.64. The van der Waals surface area contributed by atoms with E-state index in [9.17, 15) is 5.11 Å². The van der Waals surface area contributed by atoms with Crippen LogP contribution in [0.15, 0.2) is 0 Å². The minimum atomic E-state index is -0.516. The number of unbranched alkanes of at least 4 members (excludes halogenated alkanes) is 19. The van der Waals surface area contributed by atoms with E-state index in [0.29, 0.717) is 26.2 Å². The largest absolute Gasteiger partial charge is 0.389 e. The van der Waals surface area contributed by atoms with Crippen molar-refractivity contribution in [1.82, 2.24) is 5.32 Å². The first-order valence-corrected chi connectivity index (χ1v) is 16.1. The molecule has 0 aromatic heterocycles. The van der Waals surface area contributed by atoms with Gasteiger partial charge in [0.1, 0.15) is 0 Å². The smallest absolute Gasteiger partial charge is 0.157 e. The SMILES string of the molecule is CCCCCCCCCCCCCC(OCCCCCCCCCCCC)OCC(O)CNCCN. The quantitative estimate of drug-likeness (QED) is 0.0648.